The number of hydrogen-bond donors (Lipinski definition) is 3. The highest BCUT2D eigenvalue weighted by molar-refractivity contribution is 6.26. The first kappa shape index (κ1) is 62.4. The molecule has 22 heteroatoms. The lowest BCUT2D eigenvalue weighted by atomic mass is 9.98. The molecule has 0 saturated carbocycles. The number of nitrogens with one attached hydrogen (secondary N) is 3. The number of nitrogens with zero attached hydrogens (tertiary/aromatic N) is 1. The third-order valence-electron chi connectivity index (χ3n) is 12.7. The van der Waals surface area contributed by atoms with Gasteiger partial charge in [-0.05, 0) is 60.1 Å². The minimum Gasteiger partial charge on any atom is -0.449 e. The summed E-state index contributed by atoms with van der Waals surface area (Å²) in [6.45, 7) is 10.9. The largest absolute Gasteiger partial charge is 0.449 e. The lowest BCUT2D eigenvalue weighted by Gasteiger charge is -2.27. The number of benzene rings is 3. The highest BCUT2D eigenvalue weighted by Gasteiger charge is 2.45. The van der Waals surface area contributed by atoms with Gasteiger partial charge in [0, 0.05) is 38.5 Å². The van der Waals surface area contributed by atoms with Crippen molar-refractivity contribution in [2.75, 3.05) is 164 Å². The number of alkyl carbamates (subject to hydrolysis) is 1. The molecule has 1 unspecified atom stereocenters. The van der Waals surface area contributed by atoms with Crippen LogP contribution in [0.2, 0.25) is 0 Å². The van der Waals surface area contributed by atoms with Gasteiger partial charge in [-0.2, -0.15) is 0 Å². The lowest BCUT2D eigenvalue weighted by molar-refractivity contribution is -0.136. The maximum absolute atomic E-state index is 13.2. The number of amides is 6. The number of piperidine rings is 1. The SMILES string of the molecule is O=C1CCC(N2C(=O)c3cccc(NC(=O)CCCCCOCCOCCOCCOCCOCCOCCOCCOCCOCCOCCOCCCNC(=O)OCC4c5ccccc5-c5ccccc54)c3C2=O)C(=O)N1. The third-order valence-corrected chi connectivity index (χ3v) is 12.7. The first-order chi connectivity index (χ1) is 38.8. The minimum absolute atomic E-state index is 0.0232. The summed E-state index contributed by atoms with van der Waals surface area (Å²) in [6.07, 6.45) is 2.65. The van der Waals surface area contributed by atoms with Gasteiger partial charge >= 0.3 is 6.09 Å². The second kappa shape index (κ2) is 37.2. The van der Waals surface area contributed by atoms with Crippen LogP contribution in [0.25, 0.3) is 11.1 Å². The summed E-state index contributed by atoms with van der Waals surface area (Å²) in [7, 11) is 0. The zero-order valence-corrected chi connectivity index (χ0v) is 45.2. The Labute approximate surface area is 462 Å². The van der Waals surface area contributed by atoms with Gasteiger partial charge < -0.3 is 67.5 Å². The summed E-state index contributed by atoms with van der Waals surface area (Å²) in [5, 5.41) is 7.71. The van der Waals surface area contributed by atoms with Gasteiger partial charge in [-0.15, -0.1) is 0 Å². The quantitative estimate of drug-likeness (QED) is 0.0513. The molecular formula is C57H78N4O18. The van der Waals surface area contributed by atoms with Crippen molar-refractivity contribution in [3.05, 3.63) is 89.0 Å². The molecule has 3 aromatic carbocycles. The van der Waals surface area contributed by atoms with E-state index in [1.165, 1.54) is 28.3 Å². The Morgan fingerprint density at radius 3 is 1.42 bits per heavy atom. The van der Waals surface area contributed by atoms with E-state index in [2.05, 4.69) is 40.2 Å². The van der Waals surface area contributed by atoms with Crippen molar-refractivity contribution in [2.24, 2.45) is 0 Å². The summed E-state index contributed by atoms with van der Waals surface area (Å²) in [6, 6.07) is 20.0. The average Bonchev–Trinajstić information content (AvgIpc) is 4.13. The van der Waals surface area contributed by atoms with Crippen molar-refractivity contribution in [1.29, 1.82) is 0 Å². The predicted octanol–water partition coefficient (Wildman–Crippen LogP) is 4.70. The fraction of sp³-hybridized carbons (Fsp3) is 0.579. The Kier molecular flexibility index (Phi) is 29.4. The van der Waals surface area contributed by atoms with E-state index in [1.54, 1.807) is 12.1 Å². The van der Waals surface area contributed by atoms with Crippen LogP contribution in [0.1, 0.15) is 82.7 Å². The molecule has 22 nitrogen and oxygen atoms in total. The van der Waals surface area contributed by atoms with Crippen LogP contribution in [-0.4, -0.2) is 205 Å². The van der Waals surface area contributed by atoms with Gasteiger partial charge in [0.2, 0.25) is 17.7 Å². The van der Waals surface area contributed by atoms with Crippen LogP contribution < -0.4 is 16.0 Å². The normalized spacial score (nSPS) is 14.8. The highest BCUT2D eigenvalue weighted by Crippen LogP contribution is 2.44. The van der Waals surface area contributed by atoms with Gasteiger partial charge in [-0.3, -0.25) is 34.2 Å². The number of hydrogen-bond acceptors (Lipinski definition) is 18. The molecule has 6 amide bonds. The number of carbonyl (C=O) groups excluding carboxylic acids is 6. The van der Waals surface area contributed by atoms with E-state index >= 15 is 0 Å². The van der Waals surface area contributed by atoms with Gasteiger partial charge in [0.05, 0.1) is 149 Å². The van der Waals surface area contributed by atoms with E-state index < -0.39 is 35.8 Å². The van der Waals surface area contributed by atoms with Gasteiger partial charge in [0.1, 0.15) is 12.6 Å². The molecule has 0 aromatic heterocycles. The first-order valence-electron chi connectivity index (χ1n) is 27.4. The number of ether oxygens (including phenoxy) is 12. The summed E-state index contributed by atoms with van der Waals surface area (Å²) in [4.78, 5) is 76.0. The second-order valence-electron chi connectivity index (χ2n) is 18.4. The van der Waals surface area contributed by atoms with E-state index in [1.807, 2.05) is 24.3 Å². The molecule has 3 aliphatic rings. The molecule has 1 saturated heterocycles. The van der Waals surface area contributed by atoms with Gasteiger partial charge in [-0.25, -0.2) is 4.79 Å². The lowest BCUT2D eigenvalue weighted by Crippen LogP contribution is -2.54. The molecule has 3 aromatic rings. The molecule has 2 aliphatic heterocycles. The molecule has 6 rings (SSSR count). The van der Waals surface area contributed by atoms with Crippen LogP contribution in [0.3, 0.4) is 0 Å². The van der Waals surface area contributed by atoms with Crippen molar-refractivity contribution in [3.8, 4) is 11.1 Å². The summed E-state index contributed by atoms with van der Waals surface area (Å²) in [5.41, 5.74) is 5.14. The molecule has 1 aliphatic carbocycles. The van der Waals surface area contributed by atoms with Crippen LogP contribution in [0.4, 0.5) is 10.5 Å². The zero-order valence-electron chi connectivity index (χ0n) is 45.2. The van der Waals surface area contributed by atoms with Crippen molar-refractivity contribution < 1.29 is 85.6 Å². The Balaban J connectivity index is 0.588. The van der Waals surface area contributed by atoms with Crippen LogP contribution in [0.15, 0.2) is 66.7 Å². The van der Waals surface area contributed by atoms with Crippen LogP contribution in [-0.2, 0) is 71.2 Å². The third kappa shape index (κ3) is 22.0. The molecule has 0 radical (unpaired) electrons. The Bertz CT molecular complexity index is 2290. The molecule has 2 heterocycles. The topological polar surface area (TPSA) is 253 Å². The average molecular weight is 1110 g/mol. The molecule has 79 heavy (non-hydrogen) atoms. The number of anilines is 1. The highest BCUT2D eigenvalue weighted by atomic mass is 16.6. The Morgan fingerprint density at radius 1 is 0.494 bits per heavy atom. The summed E-state index contributed by atoms with van der Waals surface area (Å²) in [5.74, 6) is -2.70. The minimum atomic E-state index is -1.08. The summed E-state index contributed by atoms with van der Waals surface area (Å²) < 4.78 is 66.6. The van der Waals surface area contributed by atoms with E-state index in [-0.39, 0.29) is 47.9 Å². The van der Waals surface area contributed by atoms with E-state index in [0.717, 1.165) is 17.7 Å². The molecule has 0 spiro atoms. The molecule has 434 valence electrons. The second-order valence-corrected chi connectivity index (χ2v) is 18.4. The smallest absolute Gasteiger partial charge is 0.407 e. The van der Waals surface area contributed by atoms with E-state index in [9.17, 15) is 28.8 Å². The van der Waals surface area contributed by atoms with Crippen molar-refractivity contribution in [1.82, 2.24) is 15.5 Å². The maximum Gasteiger partial charge on any atom is 0.407 e. The van der Waals surface area contributed by atoms with Crippen molar-refractivity contribution >= 4 is 41.3 Å². The van der Waals surface area contributed by atoms with E-state index in [4.69, 9.17) is 56.8 Å². The Morgan fingerprint density at radius 2 is 0.937 bits per heavy atom. The summed E-state index contributed by atoms with van der Waals surface area (Å²) >= 11 is 0. The maximum atomic E-state index is 13.2. The predicted molar refractivity (Wildman–Crippen MR) is 287 cm³/mol. The van der Waals surface area contributed by atoms with Gasteiger partial charge in [0.25, 0.3) is 11.8 Å². The zero-order chi connectivity index (χ0) is 55.5. The van der Waals surface area contributed by atoms with Crippen LogP contribution in [0.5, 0.6) is 0 Å². The number of fused-ring (bicyclic) bond motifs is 4. The van der Waals surface area contributed by atoms with Crippen LogP contribution >= 0.6 is 0 Å². The fourth-order valence-electron chi connectivity index (χ4n) is 8.81. The standard InChI is InChI=1S/C57H78N4O18/c62-51(59-49-15-8-14-47-53(49)56(66)61(55(47)65)50-17-18-52(63)60-54(50)64)16-2-1-7-20-68-22-24-70-26-28-72-30-32-74-34-36-76-38-40-78-41-39-77-37-35-75-33-31-73-29-27-71-25-23-69-21-9-19-58-57(67)79-42-48-45-12-5-3-10-43(45)44-11-4-6-13-46(44)48/h3-6,8,10-15,48,50H,1-2,7,9,16-42H2,(H,58,67)(H,59,62)(H,60,63,64). The van der Waals surface area contributed by atoms with Gasteiger partial charge in [0.15, 0.2) is 0 Å². The number of carbonyl (C=O) groups is 6. The van der Waals surface area contributed by atoms with E-state index in [0.29, 0.717) is 171 Å². The van der Waals surface area contributed by atoms with Crippen LogP contribution in [0, 0.1) is 0 Å². The molecule has 1 fully saturated rings. The fourth-order valence-corrected chi connectivity index (χ4v) is 8.81. The Hall–Kier alpha value is -5.76. The van der Waals surface area contributed by atoms with Crippen molar-refractivity contribution in [3.63, 3.8) is 0 Å². The number of imide groups is 2. The molecule has 3 N–H and O–H groups in total. The van der Waals surface area contributed by atoms with Crippen molar-refractivity contribution in [2.45, 2.75) is 56.9 Å². The molecule has 1 atom stereocenters. The first-order valence-corrected chi connectivity index (χ1v) is 27.4. The molecule has 0 bridgehead atoms. The molecular weight excluding hydrogens is 1030 g/mol. The monoisotopic (exact) mass is 1110 g/mol. The number of unbranched alkanes of at least 4 members (excludes halogenated alkanes) is 2. The van der Waals surface area contributed by atoms with Gasteiger partial charge in [-0.1, -0.05) is 61.0 Å². The number of rotatable bonds is 44.